The summed E-state index contributed by atoms with van der Waals surface area (Å²) in [6.45, 7) is 10.3. The van der Waals surface area contributed by atoms with E-state index in [4.69, 9.17) is 0 Å². The molecule has 164 valence electrons. The first-order valence-electron chi connectivity index (χ1n) is 11.2. The Labute approximate surface area is 188 Å². The van der Waals surface area contributed by atoms with Crippen LogP contribution in [-0.4, -0.2) is 22.6 Å². The van der Waals surface area contributed by atoms with Crippen molar-refractivity contribution in [3.8, 4) is 11.1 Å². The maximum absolute atomic E-state index is 13.6. The van der Waals surface area contributed by atoms with Crippen LogP contribution in [0.1, 0.15) is 51.8 Å². The van der Waals surface area contributed by atoms with Gasteiger partial charge in [-0.3, -0.25) is 9.78 Å². The molecule has 1 aromatic heterocycles. The number of fused-ring (bicyclic) bond motifs is 1. The molecule has 0 saturated carbocycles. The summed E-state index contributed by atoms with van der Waals surface area (Å²) in [5.41, 5.74) is 7.16. The van der Waals surface area contributed by atoms with Gasteiger partial charge in [-0.15, -0.1) is 0 Å². The van der Waals surface area contributed by atoms with Gasteiger partial charge in [0.15, 0.2) is 6.17 Å². The Balaban J connectivity index is 1.77. The fourth-order valence-corrected chi connectivity index (χ4v) is 5.61. The van der Waals surface area contributed by atoms with Crippen molar-refractivity contribution < 1.29 is 4.79 Å². The molecule has 2 atom stereocenters. The Hall–Kier alpha value is -3.28. The first-order chi connectivity index (χ1) is 15.2. The molecule has 0 spiro atoms. The summed E-state index contributed by atoms with van der Waals surface area (Å²) >= 11 is 0. The van der Waals surface area contributed by atoms with E-state index in [1.165, 1.54) is 0 Å². The third-order valence-electron chi connectivity index (χ3n) is 6.90. The van der Waals surface area contributed by atoms with Gasteiger partial charge in [0.1, 0.15) is 0 Å². The number of nitrogens with zero attached hydrogens (tertiary/aromatic N) is 3. The van der Waals surface area contributed by atoms with Gasteiger partial charge in [-0.2, -0.15) is 10.2 Å². The first-order valence-corrected chi connectivity index (χ1v) is 11.2. The van der Waals surface area contributed by atoms with Crippen LogP contribution in [0, 0.1) is 6.92 Å². The van der Waals surface area contributed by atoms with Crippen LogP contribution in [0.25, 0.3) is 11.1 Å². The van der Waals surface area contributed by atoms with Crippen LogP contribution >= 0.6 is 0 Å². The highest BCUT2D eigenvalue weighted by Crippen LogP contribution is 2.52. The number of aromatic nitrogens is 1. The molecule has 1 aromatic carbocycles. The topological polar surface area (TPSA) is 78.7 Å². The number of pyridine rings is 1. The average Bonchev–Trinajstić information content (AvgIpc) is 3.12. The Morgan fingerprint density at radius 2 is 1.91 bits per heavy atom. The number of hydrogen-bond donors (Lipinski definition) is 2. The van der Waals surface area contributed by atoms with Crippen LogP contribution in [-0.2, 0) is 10.2 Å². The van der Waals surface area contributed by atoms with Gasteiger partial charge in [0.2, 0.25) is 0 Å². The molecular weight excluding hydrogens is 398 g/mol. The summed E-state index contributed by atoms with van der Waals surface area (Å²) in [6.07, 6.45) is 3.08. The monoisotopic (exact) mass is 427 g/mol. The van der Waals surface area contributed by atoms with Gasteiger partial charge in [-0.05, 0) is 69.0 Å². The van der Waals surface area contributed by atoms with E-state index < -0.39 is 5.41 Å². The normalized spacial score (nSPS) is 25.9. The van der Waals surface area contributed by atoms with E-state index in [-0.39, 0.29) is 17.6 Å². The molecule has 1 amide bonds. The molecule has 0 radical (unpaired) electrons. The number of carbonyl (C=O) groups excluding carboxylic acids is 1. The van der Waals surface area contributed by atoms with E-state index in [1.54, 1.807) is 0 Å². The summed E-state index contributed by atoms with van der Waals surface area (Å²) in [6, 6.07) is 12.7. The fourth-order valence-electron chi connectivity index (χ4n) is 5.61. The minimum atomic E-state index is -0.586. The standard InChI is InChI=1S/C26H29N5O/c1-6-26(19-9-7-8-17(13-19)18-10-11-27-15(2)12-18)21-16(3)30-31-23(21)28-20-14-25(4,5)29-24(32)22(20)26/h7-13,23,28H,6,14H2,1-5H3,(H,29,32)/t23?,26-/m1/s1. The molecule has 0 saturated heterocycles. The molecule has 32 heavy (non-hydrogen) atoms. The zero-order chi connectivity index (χ0) is 22.7. The second-order valence-electron chi connectivity index (χ2n) is 9.66. The van der Waals surface area contributed by atoms with E-state index >= 15 is 0 Å². The van der Waals surface area contributed by atoms with Crippen LogP contribution in [0.4, 0.5) is 0 Å². The summed E-state index contributed by atoms with van der Waals surface area (Å²) in [7, 11) is 0. The van der Waals surface area contributed by atoms with Gasteiger partial charge < -0.3 is 10.6 Å². The van der Waals surface area contributed by atoms with Crippen LogP contribution in [0.2, 0.25) is 0 Å². The number of carbonyl (C=O) groups is 1. The molecular formula is C26H29N5O. The lowest BCUT2D eigenvalue weighted by atomic mass is 9.61. The molecule has 0 fully saturated rings. The highest BCUT2D eigenvalue weighted by Gasteiger charge is 2.54. The number of allylic oxidation sites excluding steroid dienone is 1. The van der Waals surface area contributed by atoms with Gasteiger partial charge in [-0.1, -0.05) is 25.1 Å². The summed E-state index contributed by atoms with van der Waals surface area (Å²) < 4.78 is 0. The van der Waals surface area contributed by atoms with Crippen molar-refractivity contribution >= 4 is 5.91 Å². The van der Waals surface area contributed by atoms with Crippen LogP contribution < -0.4 is 10.6 Å². The SMILES string of the molecule is CC[C@]1(c2cccc(-c3ccnc(C)c3)c2)C2=C(CC(C)(C)NC2=O)NC2N=NC(C)=C21. The first kappa shape index (κ1) is 20.6. The number of hydrogen-bond acceptors (Lipinski definition) is 5. The Kier molecular flexibility index (Phi) is 4.59. The quantitative estimate of drug-likeness (QED) is 0.729. The van der Waals surface area contributed by atoms with Crippen molar-refractivity contribution in [3.63, 3.8) is 0 Å². The lowest BCUT2D eigenvalue weighted by Crippen LogP contribution is -2.58. The number of rotatable bonds is 3. The van der Waals surface area contributed by atoms with E-state index in [9.17, 15) is 4.79 Å². The van der Waals surface area contributed by atoms with E-state index in [1.807, 2.05) is 26.1 Å². The zero-order valence-corrected chi connectivity index (χ0v) is 19.3. The van der Waals surface area contributed by atoms with E-state index in [0.29, 0.717) is 0 Å². The lowest BCUT2D eigenvalue weighted by Gasteiger charge is -2.48. The number of amides is 1. The summed E-state index contributed by atoms with van der Waals surface area (Å²) in [4.78, 5) is 17.9. The van der Waals surface area contributed by atoms with Crippen LogP contribution in [0.5, 0.6) is 0 Å². The Morgan fingerprint density at radius 1 is 1.12 bits per heavy atom. The smallest absolute Gasteiger partial charge is 0.250 e. The minimum absolute atomic E-state index is 0.0126. The van der Waals surface area contributed by atoms with Crippen LogP contribution in [0.15, 0.2) is 75.4 Å². The zero-order valence-electron chi connectivity index (χ0n) is 19.3. The molecule has 2 aromatic rings. The third-order valence-corrected chi connectivity index (χ3v) is 6.90. The molecule has 1 unspecified atom stereocenters. The summed E-state index contributed by atoms with van der Waals surface area (Å²) in [5, 5.41) is 15.7. The molecule has 3 aliphatic heterocycles. The number of benzene rings is 1. The van der Waals surface area contributed by atoms with Gasteiger partial charge in [0.25, 0.3) is 5.91 Å². The molecule has 4 heterocycles. The Bertz CT molecular complexity index is 1220. The molecule has 5 rings (SSSR count). The number of aryl methyl sites for hydroxylation is 1. The third kappa shape index (κ3) is 3.00. The molecule has 0 bridgehead atoms. The largest absolute Gasteiger partial charge is 0.362 e. The highest BCUT2D eigenvalue weighted by atomic mass is 16.2. The predicted octanol–water partition coefficient (Wildman–Crippen LogP) is 4.93. The maximum Gasteiger partial charge on any atom is 0.250 e. The summed E-state index contributed by atoms with van der Waals surface area (Å²) in [5.74, 6) is -0.0126. The molecule has 6 heteroatoms. The van der Waals surface area contributed by atoms with Gasteiger partial charge >= 0.3 is 0 Å². The fraction of sp³-hybridized carbons (Fsp3) is 0.385. The average molecular weight is 428 g/mol. The van der Waals surface area contributed by atoms with Gasteiger partial charge in [0.05, 0.1) is 16.7 Å². The van der Waals surface area contributed by atoms with Crippen LogP contribution in [0.3, 0.4) is 0 Å². The molecule has 0 aliphatic carbocycles. The molecule has 2 N–H and O–H groups in total. The highest BCUT2D eigenvalue weighted by molar-refractivity contribution is 6.00. The number of nitrogens with one attached hydrogen (secondary N) is 2. The molecule has 6 nitrogen and oxygen atoms in total. The molecule has 3 aliphatic rings. The van der Waals surface area contributed by atoms with Gasteiger partial charge in [-0.25, -0.2) is 0 Å². The van der Waals surface area contributed by atoms with Crippen molar-refractivity contribution in [2.24, 2.45) is 10.2 Å². The van der Waals surface area contributed by atoms with E-state index in [0.717, 1.165) is 57.8 Å². The lowest BCUT2D eigenvalue weighted by molar-refractivity contribution is -0.120. The minimum Gasteiger partial charge on any atom is -0.362 e. The van der Waals surface area contributed by atoms with Crippen molar-refractivity contribution in [2.45, 2.75) is 64.6 Å². The van der Waals surface area contributed by atoms with Crippen molar-refractivity contribution in [1.29, 1.82) is 0 Å². The second-order valence-corrected chi connectivity index (χ2v) is 9.66. The maximum atomic E-state index is 13.6. The van der Waals surface area contributed by atoms with Crippen molar-refractivity contribution in [2.75, 3.05) is 0 Å². The van der Waals surface area contributed by atoms with E-state index in [2.05, 4.69) is 76.9 Å². The van der Waals surface area contributed by atoms with Crippen molar-refractivity contribution in [1.82, 2.24) is 15.6 Å². The predicted molar refractivity (Wildman–Crippen MR) is 125 cm³/mol. The van der Waals surface area contributed by atoms with Crippen molar-refractivity contribution in [3.05, 3.63) is 76.4 Å². The number of azo groups is 1. The Morgan fingerprint density at radius 3 is 2.66 bits per heavy atom. The second kappa shape index (κ2) is 7.12. The van der Waals surface area contributed by atoms with Gasteiger partial charge in [0, 0.05) is 35.1 Å².